The second-order valence-electron chi connectivity index (χ2n) is 4.59. The average Bonchev–Trinajstić information content (AvgIpc) is 2.69. The fourth-order valence-electron chi connectivity index (χ4n) is 2.19. The van der Waals surface area contributed by atoms with Crippen LogP contribution in [0.3, 0.4) is 0 Å². The van der Waals surface area contributed by atoms with Crippen LogP contribution in [-0.2, 0) is 7.05 Å². The van der Waals surface area contributed by atoms with Gasteiger partial charge in [-0.05, 0) is 30.4 Å². The lowest BCUT2D eigenvalue weighted by Gasteiger charge is -2.08. The number of aromatic nitrogens is 1. The summed E-state index contributed by atoms with van der Waals surface area (Å²) in [6, 6.07) is 6.28. The molecule has 1 nitrogen and oxygen atoms in total. The molecule has 4 heteroatoms. The van der Waals surface area contributed by atoms with Crippen LogP contribution in [-0.4, -0.2) is 10.7 Å². The first kappa shape index (κ1) is 13.0. The molecular formula is C15H13BrFNS. The monoisotopic (exact) mass is 337 g/mol. The van der Waals surface area contributed by atoms with E-state index in [0.29, 0.717) is 6.42 Å². The van der Waals surface area contributed by atoms with Crippen LogP contribution in [0.4, 0.5) is 4.39 Å². The van der Waals surface area contributed by atoms with Gasteiger partial charge in [-0.25, -0.2) is 4.39 Å². The lowest BCUT2D eigenvalue weighted by Crippen LogP contribution is -1.96. The first-order chi connectivity index (χ1) is 9.13. The van der Waals surface area contributed by atoms with Gasteiger partial charge in [0.25, 0.3) is 0 Å². The van der Waals surface area contributed by atoms with Gasteiger partial charge in [0, 0.05) is 44.8 Å². The average molecular weight is 338 g/mol. The van der Waals surface area contributed by atoms with Gasteiger partial charge in [-0.15, -0.1) is 0 Å². The Hall–Kier alpha value is -1.00. The highest BCUT2D eigenvalue weighted by Crippen LogP contribution is 2.37. The van der Waals surface area contributed by atoms with Crippen molar-refractivity contribution in [3.05, 3.63) is 52.0 Å². The van der Waals surface area contributed by atoms with E-state index in [0.717, 1.165) is 9.38 Å². The molecule has 1 aromatic heterocycles. The zero-order valence-electron chi connectivity index (χ0n) is 10.4. The molecule has 0 spiro atoms. The van der Waals surface area contributed by atoms with Crippen molar-refractivity contribution < 1.29 is 4.39 Å². The second kappa shape index (κ2) is 5.17. The minimum Gasteiger partial charge on any atom is -0.349 e. The molecule has 3 rings (SSSR count). The van der Waals surface area contributed by atoms with Gasteiger partial charge in [0.05, 0.1) is 0 Å². The number of halogens is 2. The van der Waals surface area contributed by atoms with Crippen molar-refractivity contribution in [3.8, 4) is 0 Å². The Kier molecular flexibility index (Phi) is 3.54. The van der Waals surface area contributed by atoms with Crippen LogP contribution in [0.5, 0.6) is 0 Å². The number of fused-ring (bicyclic) bond motifs is 1. The molecule has 1 aromatic carbocycles. The van der Waals surface area contributed by atoms with E-state index in [2.05, 4.69) is 38.8 Å². The van der Waals surface area contributed by atoms with E-state index in [-0.39, 0.29) is 0 Å². The molecule has 1 aliphatic carbocycles. The van der Waals surface area contributed by atoms with Crippen molar-refractivity contribution in [2.24, 2.45) is 7.05 Å². The van der Waals surface area contributed by atoms with E-state index in [9.17, 15) is 4.39 Å². The number of rotatable bonds is 2. The highest BCUT2D eigenvalue weighted by Gasteiger charge is 2.12. The quantitative estimate of drug-likeness (QED) is 0.727. The Bertz CT molecular complexity index is 687. The summed E-state index contributed by atoms with van der Waals surface area (Å²) in [4.78, 5) is 2.31. The molecule has 0 saturated heterocycles. The molecule has 98 valence electrons. The van der Waals surface area contributed by atoms with E-state index in [1.165, 1.54) is 15.8 Å². The Labute approximate surface area is 124 Å². The molecule has 0 fully saturated rings. The number of thioether (sulfide) groups is 1. The fourth-order valence-corrected chi connectivity index (χ4v) is 3.61. The molecule has 0 radical (unpaired) electrons. The number of hydrogen-bond acceptors (Lipinski definition) is 1. The summed E-state index contributed by atoms with van der Waals surface area (Å²) in [5.74, 6) is 0. The predicted molar refractivity (Wildman–Crippen MR) is 83.2 cm³/mol. The second-order valence-corrected chi connectivity index (χ2v) is 6.62. The minimum atomic E-state index is -0.828. The molecule has 0 amide bonds. The van der Waals surface area contributed by atoms with E-state index >= 15 is 0 Å². The Balaban J connectivity index is 1.97. The first-order valence-corrected chi connectivity index (χ1v) is 7.69. The van der Waals surface area contributed by atoms with Gasteiger partial charge in [-0.3, -0.25) is 0 Å². The van der Waals surface area contributed by atoms with Crippen molar-refractivity contribution in [1.29, 1.82) is 0 Å². The molecule has 0 bridgehead atoms. The van der Waals surface area contributed by atoms with Crippen molar-refractivity contribution in [1.82, 2.24) is 4.57 Å². The molecule has 1 atom stereocenters. The number of hydrogen-bond donors (Lipinski definition) is 0. The van der Waals surface area contributed by atoms with Crippen LogP contribution < -0.4 is 0 Å². The van der Waals surface area contributed by atoms with Crippen LogP contribution in [0, 0.1) is 0 Å². The van der Waals surface area contributed by atoms with Gasteiger partial charge < -0.3 is 4.57 Å². The molecule has 0 aliphatic heterocycles. The maximum absolute atomic E-state index is 13.1. The lowest BCUT2D eigenvalue weighted by atomic mass is 10.2. The number of benzene rings is 1. The number of alkyl halides is 1. The molecule has 1 unspecified atom stereocenters. The van der Waals surface area contributed by atoms with Gasteiger partial charge in [-0.2, -0.15) is 0 Å². The van der Waals surface area contributed by atoms with Crippen LogP contribution in [0.1, 0.15) is 6.42 Å². The zero-order chi connectivity index (χ0) is 13.4. The molecule has 0 N–H and O–H groups in total. The molecule has 2 aromatic rings. The summed E-state index contributed by atoms with van der Waals surface area (Å²) in [5.41, 5.74) is 1.20. The van der Waals surface area contributed by atoms with Crippen molar-refractivity contribution in [3.63, 3.8) is 0 Å². The van der Waals surface area contributed by atoms with Gasteiger partial charge in [0.2, 0.25) is 0 Å². The van der Waals surface area contributed by atoms with E-state index in [1.54, 1.807) is 17.8 Å². The third kappa shape index (κ3) is 2.65. The van der Waals surface area contributed by atoms with E-state index in [1.807, 2.05) is 25.3 Å². The van der Waals surface area contributed by atoms with Crippen LogP contribution in [0.25, 0.3) is 10.9 Å². The number of allylic oxidation sites excluding steroid dienone is 3. The third-order valence-corrected chi connectivity index (χ3v) is 4.73. The maximum atomic E-state index is 13.1. The first-order valence-electron chi connectivity index (χ1n) is 6.08. The summed E-state index contributed by atoms with van der Waals surface area (Å²) in [6.45, 7) is 0. The van der Waals surface area contributed by atoms with E-state index in [4.69, 9.17) is 0 Å². The topological polar surface area (TPSA) is 4.93 Å². The zero-order valence-corrected chi connectivity index (χ0v) is 12.8. The Morgan fingerprint density at radius 1 is 1.42 bits per heavy atom. The highest BCUT2D eigenvalue weighted by atomic mass is 79.9. The summed E-state index contributed by atoms with van der Waals surface area (Å²) >= 11 is 5.20. The fraction of sp³-hybridized carbons (Fsp3) is 0.200. The van der Waals surface area contributed by atoms with Gasteiger partial charge >= 0.3 is 0 Å². The summed E-state index contributed by atoms with van der Waals surface area (Å²) in [7, 11) is 2.04. The van der Waals surface area contributed by atoms with Gasteiger partial charge in [0.15, 0.2) is 0 Å². The SMILES string of the molecule is Cn1cc(SC2=CCC(F)C=C2)c2cc(Br)ccc21. The molecule has 1 aliphatic rings. The Morgan fingerprint density at radius 2 is 2.26 bits per heavy atom. The smallest absolute Gasteiger partial charge is 0.122 e. The molecule has 19 heavy (non-hydrogen) atoms. The summed E-state index contributed by atoms with van der Waals surface area (Å²) in [6.07, 6.45) is 7.24. The van der Waals surface area contributed by atoms with Gasteiger partial charge in [-0.1, -0.05) is 33.8 Å². The predicted octanol–water partition coefficient (Wildman–Crippen LogP) is 5.21. The lowest BCUT2D eigenvalue weighted by molar-refractivity contribution is 0.401. The normalized spacial score (nSPS) is 18.9. The van der Waals surface area contributed by atoms with Crippen LogP contribution >= 0.6 is 27.7 Å². The van der Waals surface area contributed by atoms with E-state index < -0.39 is 6.17 Å². The third-order valence-electron chi connectivity index (χ3n) is 3.16. The number of nitrogens with zero attached hydrogens (tertiary/aromatic N) is 1. The summed E-state index contributed by atoms with van der Waals surface area (Å²) < 4.78 is 16.2. The van der Waals surface area contributed by atoms with Crippen LogP contribution in [0.2, 0.25) is 0 Å². The molecular weight excluding hydrogens is 325 g/mol. The highest BCUT2D eigenvalue weighted by molar-refractivity contribution is 9.10. The maximum Gasteiger partial charge on any atom is 0.122 e. The number of aryl methyl sites for hydroxylation is 1. The Morgan fingerprint density at radius 3 is 3.00 bits per heavy atom. The minimum absolute atomic E-state index is 0.479. The largest absolute Gasteiger partial charge is 0.349 e. The molecule has 1 heterocycles. The van der Waals surface area contributed by atoms with Crippen molar-refractivity contribution in [2.45, 2.75) is 17.5 Å². The van der Waals surface area contributed by atoms with Crippen LogP contribution in [0.15, 0.2) is 56.9 Å². The van der Waals surface area contributed by atoms with Crippen molar-refractivity contribution in [2.75, 3.05) is 0 Å². The standard InChI is InChI=1S/C15H13BrFNS/c1-18-9-15(13-8-10(16)2-7-14(13)18)19-12-5-3-11(17)4-6-12/h2-3,5-9,11H,4H2,1H3. The summed E-state index contributed by atoms with van der Waals surface area (Å²) in [5, 5.41) is 1.22. The van der Waals surface area contributed by atoms with Crippen molar-refractivity contribution >= 4 is 38.6 Å². The molecule has 0 saturated carbocycles. The van der Waals surface area contributed by atoms with Gasteiger partial charge in [0.1, 0.15) is 6.17 Å².